The Kier molecular flexibility index (Phi) is 4.51. The highest BCUT2D eigenvalue weighted by molar-refractivity contribution is 5.83. The van der Waals surface area contributed by atoms with Crippen molar-refractivity contribution < 1.29 is 0 Å². The average Bonchev–Trinajstić information content (AvgIpc) is 3.00. The van der Waals surface area contributed by atoms with Crippen LogP contribution in [0.25, 0.3) is 10.9 Å². The molecule has 21 heavy (non-hydrogen) atoms. The Morgan fingerprint density at radius 2 is 1.90 bits per heavy atom. The molecule has 112 valence electrons. The summed E-state index contributed by atoms with van der Waals surface area (Å²) < 4.78 is 0. The van der Waals surface area contributed by atoms with Crippen LogP contribution < -0.4 is 5.32 Å². The van der Waals surface area contributed by atoms with Crippen LogP contribution in [0.4, 0.5) is 0 Å². The van der Waals surface area contributed by atoms with E-state index < -0.39 is 0 Å². The Morgan fingerprint density at radius 3 is 2.71 bits per heavy atom. The molecule has 3 rings (SSSR count). The molecule has 0 unspecified atom stereocenters. The van der Waals surface area contributed by atoms with E-state index in [-0.39, 0.29) is 0 Å². The number of benzene rings is 1. The first-order valence-corrected chi connectivity index (χ1v) is 8.03. The van der Waals surface area contributed by atoms with Crippen molar-refractivity contribution in [2.45, 2.75) is 33.2 Å². The van der Waals surface area contributed by atoms with Crippen molar-refractivity contribution in [3.63, 3.8) is 0 Å². The molecule has 0 bridgehead atoms. The van der Waals surface area contributed by atoms with E-state index in [1.165, 1.54) is 49.0 Å². The molecule has 3 nitrogen and oxygen atoms in total. The summed E-state index contributed by atoms with van der Waals surface area (Å²) in [6.45, 7) is 10.0. The molecular weight excluding hydrogens is 258 g/mol. The van der Waals surface area contributed by atoms with Crippen LogP contribution in [0.1, 0.15) is 29.7 Å². The number of fused-ring (bicyclic) bond motifs is 1. The number of hydrogen-bond donors (Lipinski definition) is 1. The molecule has 1 N–H and O–H groups in total. The fourth-order valence-corrected chi connectivity index (χ4v) is 3.20. The molecule has 1 fully saturated rings. The second kappa shape index (κ2) is 6.54. The van der Waals surface area contributed by atoms with Gasteiger partial charge in [-0.25, -0.2) is 0 Å². The van der Waals surface area contributed by atoms with Gasteiger partial charge in [0.25, 0.3) is 0 Å². The van der Waals surface area contributed by atoms with Crippen molar-refractivity contribution in [1.29, 1.82) is 0 Å². The summed E-state index contributed by atoms with van der Waals surface area (Å²) in [4.78, 5) is 7.24. The lowest BCUT2D eigenvalue weighted by Gasteiger charge is -2.16. The van der Waals surface area contributed by atoms with Gasteiger partial charge in [-0.1, -0.05) is 18.2 Å². The van der Waals surface area contributed by atoms with Gasteiger partial charge < -0.3 is 10.2 Å². The lowest BCUT2D eigenvalue weighted by atomic mass is 10.0. The predicted octanol–water partition coefficient (Wildman–Crippen LogP) is 3.04. The maximum atomic E-state index is 4.69. The predicted molar refractivity (Wildman–Crippen MR) is 88.6 cm³/mol. The molecule has 1 aromatic carbocycles. The molecule has 0 saturated carbocycles. The summed E-state index contributed by atoms with van der Waals surface area (Å²) in [7, 11) is 0. The number of rotatable bonds is 5. The Bertz CT molecular complexity index is 615. The van der Waals surface area contributed by atoms with Gasteiger partial charge in [-0.2, -0.15) is 0 Å². The largest absolute Gasteiger partial charge is 0.311 e. The van der Waals surface area contributed by atoms with Gasteiger partial charge in [0.1, 0.15) is 0 Å². The van der Waals surface area contributed by atoms with E-state index in [0.29, 0.717) is 0 Å². The van der Waals surface area contributed by atoms with Crippen LogP contribution in [0.15, 0.2) is 24.3 Å². The topological polar surface area (TPSA) is 28.2 Å². The summed E-state index contributed by atoms with van der Waals surface area (Å²) in [5.41, 5.74) is 4.98. The fourth-order valence-electron chi connectivity index (χ4n) is 3.20. The summed E-state index contributed by atoms with van der Waals surface area (Å²) >= 11 is 0. The van der Waals surface area contributed by atoms with Crippen LogP contribution in [-0.4, -0.2) is 36.1 Å². The first kappa shape index (κ1) is 14.5. The summed E-state index contributed by atoms with van der Waals surface area (Å²) in [5, 5.41) is 4.91. The quantitative estimate of drug-likeness (QED) is 0.855. The number of pyridine rings is 1. The Labute approximate surface area is 127 Å². The smallest absolute Gasteiger partial charge is 0.0708 e. The third-order valence-electron chi connectivity index (χ3n) is 4.62. The minimum atomic E-state index is 0.934. The van der Waals surface area contributed by atoms with E-state index in [9.17, 15) is 0 Å². The second-order valence-electron chi connectivity index (χ2n) is 6.04. The zero-order valence-electron chi connectivity index (χ0n) is 13.2. The summed E-state index contributed by atoms with van der Waals surface area (Å²) in [5.74, 6) is 0. The molecule has 3 heteroatoms. The maximum absolute atomic E-state index is 4.69. The summed E-state index contributed by atoms with van der Waals surface area (Å²) in [6.07, 6.45) is 2.74. The van der Waals surface area contributed by atoms with Crippen molar-refractivity contribution in [1.82, 2.24) is 15.2 Å². The molecule has 0 radical (unpaired) electrons. The van der Waals surface area contributed by atoms with E-state index in [2.05, 4.69) is 48.3 Å². The maximum Gasteiger partial charge on any atom is 0.0708 e. The normalized spacial score (nSPS) is 15.9. The van der Waals surface area contributed by atoms with Crippen molar-refractivity contribution in [2.75, 3.05) is 26.2 Å². The number of aromatic nitrogens is 1. The number of para-hydroxylation sites is 1. The lowest BCUT2D eigenvalue weighted by molar-refractivity contribution is 0.335. The summed E-state index contributed by atoms with van der Waals surface area (Å²) in [6, 6.07) is 8.46. The molecule has 1 aliphatic heterocycles. The lowest BCUT2D eigenvalue weighted by Crippen LogP contribution is -2.29. The van der Waals surface area contributed by atoms with Crippen molar-refractivity contribution in [3.8, 4) is 0 Å². The van der Waals surface area contributed by atoms with Crippen molar-refractivity contribution in [2.24, 2.45) is 0 Å². The first-order valence-electron chi connectivity index (χ1n) is 8.03. The van der Waals surface area contributed by atoms with Gasteiger partial charge in [0, 0.05) is 30.7 Å². The molecule has 0 atom stereocenters. The molecule has 2 aromatic rings. The van der Waals surface area contributed by atoms with Gasteiger partial charge in [0.15, 0.2) is 0 Å². The zero-order valence-corrected chi connectivity index (χ0v) is 13.2. The van der Waals surface area contributed by atoms with Crippen molar-refractivity contribution >= 4 is 10.9 Å². The highest BCUT2D eigenvalue weighted by atomic mass is 15.1. The third kappa shape index (κ3) is 3.25. The minimum absolute atomic E-state index is 0.934. The van der Waals surface area contributed by atoms with Gasteiger partial charge in [-0.3, -0.25) is 4.98 Å². The fraction of sp³-hybridized carbons (Fsp3) is 0.500. The van der Waals surface area contributed by atoms with E-state index in [1.54, 1.807) is 0 Å². The molecule has 1 aliphatic rings. The first-order chi connectivity index (χ1) is 10.3. The van der Waals surface area contributed by atoms with Gasteiger partial charge >= 0.3 is 0 Å². The standard InChI is InChI=1S/C18H25N3/c1-14-15(2)20-18-8-4-3-7-16(18)17(14)13-19-9-12-21-10-5-6-11-21/h3-4,7-8,19H,5-6,9-13H2,1-2H3. The number of nitrogens with one attached hydrogen (secondary N) is 1. The molecule has 0 aliphatic carbocycles. The highest BCUT2D eigenvalue weighted by Gasteiger charge is 2.11. The van der Waals surface area contributed by atoms with Gasteiger partial charge in [-0.05, 0) is 57.0 Å². The average molecular weight is 283 g/mol. The monoisotopic (exact) mass is 283 g/mol. The van der Waals surface area contributed by atoms with Gasteiger partial charge in [-0.15, -0.1) is 0 Å². The molecular formula is C18H25N3. The minimum Gasteiger partial charge on any atom is -0.311 e. The van der Waals surface area contributed by atoms with E-state index in [0.717, 1.165) is 24.3 Å². The van der Waals surface area contributed by atoms with E-state index in [4.69, 9.17) is 4.98 Å². The molecule has 0 amide bonds. The van der Waals surface area contributed by atoms with Crippen molar-refractivity contribution in [3.05, 3.63) is 41.1 Å². The van der Waals surface area contributed by atoms with Gasteiger partial charge in [0.05, 0.1) is 5.52 Å². The second-order valence-corrected chi connectivity index (χ2v) is 6.04. The Hall–Kier alpha value is -1.45. The third-order valence-corrected chi connectivity index (χ3v) is 4.62. The number of likely N-dealkylation sites (tertiary alicyclic amines) is 1. The molecule has 1 aromatic heterocycles. The zero-order chi connectivity index (χ0) is 14.7. The van der Waals surface area contributed by atoms with Crippen LogP contribution in [0, 0.1) is 13.8 Å². The highest BCUT2D eigenvalue weighted by Crippen LogP contribution is 2.22. The molecule has 1 saturated heterocycles. The van der Waals surface area contributed by atoms with Crippen LogP contribution >= 0.6 is 0 Å². The molecule has 2 heterocycles. The van der Waals surface area contributed by atoms with Gasteiger partial charge in [0.2, 0.25) is 0 Å². The van der Waals surface area contributed by atoms with Crippen LogP contribution in [-0.2, 0) is 6.54 Å². The van der Waals surface area contributed by atoms with Crippen LogP contribution in [0.3, 0.4) is 0 Å². The van der Waals surface area contributed by atoms with E-state index in [1.807, 2.05) is 0 Å². The van der Waals surface area contributed by atoms with Crippen LogP contribution in [0.2, 0.25) is 0 Å². The van der Waals surface area contributed by atoms with Crippen LogP contribution in [0.5, 0.6) is 0 Å². The van der Waals surface area contributed by atoms with E-state index >= 15 is 0 Å². The number of aryl methyl sites for hydroxylation is 1. The number of nitrogens with zero attached hydrogens (tertiary/aromatic N) is 2. The number of hydrogen-bond acceptors (Lipinski definition) is 3. The Balaban J connectivity index is 1.69. The Morgan fingerprint density at radius 1 is 1.14 bits per heavy atom. The SMILES string of the molecule is Cc1nc2ccccc2c(CNCCN2CCCC2)c1C. The molecule has 0 spiro atoms.